The highest BCUT2D eigenvalue weighted by Crippen LogP contribution is 1.87. The smallest absolute Gasteiger partial charge is 0.302 e. The molecule has 0 saturated heterocycles. The van der Waals surface area contributed by atoms with Crippen LogP contribution in [0.3, 0.4) is 0 Å². The first-order valence-electron chi connectivity index (χ1n) is 12.9. The predicted octanol–water partition coefficient (Wildman–Crippen LogP) is -0.326. The number of carbonyl (C=O) groups is 1. The van der Waals surface area contributed by atoms with E-state index in [4.69, 9.17) is 57.8 Å². The van der Waals surface area contributed by atoms with Crippen LogP contribution in [0.4, 0.5) is 0 Å². The van der Waals surface area contributed by atoms with Crippen LogP contribution >= 0.6 is 0 Å². The van der Waals surface area contributed by atoms with Crippen molar-refractivity contribution < 1.29 is 56.9 Å². The summed E-state index contributed by atoms with van der Waals surface area (Å²) in [6, 6.07) is 0. The largest absolute Gasteiger partial charge is 0.463 e. The zero-order chi connectivity index (χ0) is 26.9. The van der Waals surface area contributed by atoms with Gasteiger partial charge in [-0.3, -0.25) is 4.79 Å². The number of hydrogen-bond acceptors (Lipinski definition) is 13. The fraction of sp³-hybridized carbons (Fsp3) is 0.958. The van der Waals surface area contributed by atoms with Crippen LogP contribution in [0.25, 0.3) is 0 Å². The summed E-state index contributed by atoms with van der Waals surface area (Å²) in [4.78, 5) is 10.6. The van der Waals surface area contributed by atoms with E-state index in [9.17, 15) is 4.79 Å². The Labute approximate surface area is 221 Å². The molecule has 2 N–H and O–H groups in total. The molecule has 0 fully saturated rings. The van der Waals surface area contributed by atoms with Crippen molar-refractivity contribution in [2.75, 3.05) is 145 Å². The number of rotatable bonds is 32. The van der Waals surface area contributed by atoms with Crippen molar-refractivity contribution in [3.05, 3.63) is 0 Å². The fourth-order valence-electron chi connectivity index (χ4n) is 2.41. The lowest BCUT2D eigenvalue weighted by Gasteiger charge is -2.09. The molecule has 0 bridgehead atoms. The molecule has 0 aromatic heterocycles. The van der Waals surface area contributed by atoms with Gasteiger partial charge >= 0.3 is 5.97 Å². The highest BCUT2D eigenvalue weighted by Gasteiger charge is 1.96. The second-order valence-electron chi connectivity index (χ2n) is 7.25. The van der Waals surface area contributed by atoms with Gasteiger partial charge in [-0.25, -0.2) is 0 Å². The van der Waals surface area contributed by atoms with Gasteiger partial charge in [0.05, 0.1) is 132 Å². The summed E-state index contributed by atoms with van der Waals surface area (Å²) in [5.74, 6) is -0.310. The zero-order valence-corrected chi connectivity index (χ0v) is 22.5. The molecule has 0 atom stereocenters. The molecule has 0 heterocycles. The minimum absolute atomic E-state index is 0.260. The lowest BCUT2D eigenvalue weighted by atomic mass is 10.6. The van der Waals surface area contributed by atoms with Gasteiger partial charge in [0.25, 0.3) is 0 Å². The number of carbonyl (C=O) groups excluding carboxylic acids is 1. The summed E-state index contributed by atoms with van der Waals surface area (Å²) < 4.78 is 58.4. The Kier molecular flexibility index (Phi) is 32.2. The van der Waals surface area contributed by atoms with Crippen LogP contribution in [-0.2, 0) is 56.9 Å². The van der Waals surface area contributed by atoms with Gasteiger partial charge in [-0.2, -0.15) is 0 Å². The third-order valence-corrected chi connectivity index (χ3v) is 4.14. The van der Waals surface area contributed by atoms with Crippen molar-refractivity contribution in [3.8, 4) is 0 Å². The number of esters is 1. The molecule has 222 valence electrons. The number of hydrogen-bond donors (Lipinski definition) is 1. The van der Waals surface area contributed by atoms with E-state index in [2.05, 4.69) is 0 Å². The van der Waals surface area contributed by atoms with Gasteiger partial charge in [-0.05, 0) is 0 Å². The van der Waals surface area contributed by atoms with E-state index in [0.717, 1.165) is 0 Å². The molecule has 0 aromatic rings. The van der Waals surface area contributed by atoms with Gasteiger partial charge in [0.2, 0.25) is 0 Å². The number of ether oxygens (including phenoxy) is 11. The topological polar surface area (TPSA) is 145 Å². The average Bonchev–Trinajstić information content (AvgIpc) is 2.89. The van der Waals surface area contributed by atoms with E-state index in [1.807, 2.05) is 0 Å². The maximum atomic E-state index is 10.6. The van der Waals surface area contributed by atoms with Crippen LogP contribution < -0.4 is 5.73 Å². The monoisotopic (exact) mass is 543 g/mol. The van der Waals surface area contributed by atoms with Gasteiger partial charge in [0.15, 0.2) is 0 Å². The predicted molar refractivity (Wildman–Crippen MR) is 134 cm³/mol. The zero-order valence-electron chi connectivity index (χ0n) is 22.5. The molecule has 0 rings (SSSR count). The van der Waals surface area contributed by atoms with E-state index in [-0.39, 0.29) is 12.6 Å². The Morgan fingerprint density at radius 1 is 0.378 bits per heavy atom. The van der Waals surface area contributed by atoms with E-state index >= 15 is 0 Å². The van der Waals surface area contributed by atoms with Crippen molar-refractivity contribution in [2.45, 2.75) is 6.92 Å². The molecule has 0 radical (unpaired) electrons. The molecule has 0 aliphatic rings. The highest BCUT2D eigenvalue weighted by molar-refractivity contribution is 5.65. The summed E-state index contributed by atoms with van der Waals surface area (Å²) in [6.07, 6.45) is 0. The molecule has 0 unspecified atom stereocenters. The molecule has 13 heteroatoms. The molecule has 0 spiro atoms. The summed E-state index contributed by atoms with van der Waals surface area (Å²) in [5.41, 5.74) is 5.32. The molecular formula is C24H49NO12. The minimum atomic E-state index is -0.310. The first-order valence-corrected chi connectivity index (χ1v) is 12.9. The van der Waals surface area contributed by atoms with Crippen molar-refractivity contribution >= 4 is 5.97 Å². The summed E-state index contributed by atoms with van der Waals surface area (Å²) in [7, 11) is 0. The maximum Gasteiger partial charge on any atom is 0.302 e. The average molecular weight is 544 g/mol. The second-order valence-corrected chi connectivity index (χ2v) is 7.25. The third kappa shape index (κ3) is 35.0. The van der Waals surface area contributed by atoms with Crippen molar-refractivity contribution in [1.29, 1.82) is 0 Å². The molecule has 0 amide bonds. The van der Waals surface area contributed by atoms with E-state index < -0.39 is 0 Å². The van der Waals surface area contributed by atoms with E-state index in [1.165, 1.54) is 6.92 Å². The second kappa shape index (κ2) is 33.1. The van der Waals surface area contributed by atoms with Crippen molar-refractivity contribution in [2.24, 2.45) is 5.73 Å². The van der Waals surface area contributed by atoms with Crippen LogP contribution in [0.2, 0.25) is 0 Å². The lowest BCUT2D eigenvalue weighted by Crippen LogP contribution is -2.15. The minimum Gasteiger partial charge on any atom is -0.463 e. The number of nitrogens with two attached hydrogens (primary N) is 1. The van der Waals surface area contributed by atoms with Gasteiger partial charge in [-0.15, -0.1) is 0 Å². The fourth-order valence-corrected chi connectivity index (χ4v) is 2.41. The first-order chi connectivity index (χ1) is 18.3. The van der Waals surface area contributed by atoms with Crippen LogP contribution in [-0.4, -0.2) is 151 Å². The molecule has 0 aliphatic carbocycles. The maximum absolute atomic E-state index is 10.6. The van der Waals surface area contributed by atoms with Crippen molar-refractivity contribution in [1.82, 2.24) is 0 Å². The Balaban J connectivity index is 3.02. The summed E-state index contributed by atoms with van der Waals surface area (Å²) >= 11 is 0. The molecule has 0 saturated carbocycles. The normalized spacial score (nSPS) is 11.3. The van der Waals surface area contributed by atoms with Crippen molar-refractivity contribution in [3.63, 3.8) is 0 Å². The Bertz CT molecular complexity index is 448. The van der Waals surface area contributed by atoms with Crippen LogP contribution in [0, 0.1) is 0 Å². The van der Waals surface area contributed by atoms with Gasteiger partial charge in [-0.1, -0.05) is 0 Å². The van der Waals surface area contributed by atoms with Crippen LogP contribution in [0.15, 0.2) is 0 Å². The van der Waals surface area contributed by atoms with E-state index in [1.54, 1.807) is 0 Å². The Hall–Kier alpha value is -0.970. The van der Waals surface area contributed by atoms with E-state index in [0.29, 0.717) is 139 Å². The quantitative estimate of drug-likeness (QED) is 0.0874. The van der Waals surface area contributed by atoms with Gasteiger partial charge in [0, 0.05) is 13.5 Å². The Morgan fingerprint density at radius 3 is 0.757 bits per heavy atom. The standard InChI is InChI=1S/C24H49NO12/c1-24(26)37-23-22-36-21-20-35-19-18-34-17-16-33-15-14-32-13-12-31-11-10-30-9-8-29-7-6-28-5-4-27-3-2-25/h2-23,25H2,1H3. The van der Waals surface area contributed by atoms with Crippen LogP contribution in [0.1, 0.15) is 6.92 Å². The molecule has 0 aromatic carbocycles. The lowest BCUT2D eigenvalue weighted by molar-refractivity contribution is -0.142. The highest BCUT2D eigenvalue weighted by atomic mass is 16.6. The SMILES string of the molecule is CC(=O)OCCOCCOCCOCCOCCOCCOCCOCCOCCOCCOCCN. The molecule has 0 aliphatic heterocycles. The third-order valence-electron chi connectivity index (χ3n) is 4.14. The van der Waals surface area contributed by atoms with Gasteiger partial charge < -0.3 is 57.8 Å². The summed E-state index contributed by atoms with van der Waals surface area (Å²) in [5, 5.41) is 0. The molecule has 13 nitrogen and oxygen atoms in total. The molecule has 37 heavy (non-hydrogen) atoms. The first kappa shape index (κ1) is 36.0. The Morgan fingerprint density at radius 2 is 0.568 bits per heavy atom. The van der Waals surface area contributed by atoms with Crippen LogP contribution in [0.5, 0.6) is 0 Å². The molecular weight excluding hydrogens is 494 g/mol. The summed E-state index contributed by atoms with van der Waals surface area (Å²) in [6.45, 7) is 12.2. The van der Waals surface area contributed by atoms with Gasteiger partial charge in [0.1, 0.15) is 6.61 Å².